The van der Waals surface area contributed by atoms with Crippen LogP contribution in [0.3, 0.4) is 0 Å². The van der Waals surface area contributed by atoms with E-state index in [4.69, 9.17) is 9.47 Å². The smallest absolute Gasteiger partial charge is 0.228 e. The van der Waals surface area contributed by atoms with Gasteiger partial charge >= 0.3 is 0 Å². The van der Waals surface area contributed by atoms with Crippen molar-refractivity contribution in [3.05, 3.63) is 54.3 Å². The number of hydrogen-bond acceptors (Lipinski definition) is 4. The summed E-state index contributed by atoms with van der Waals surface area (Å²) in [5.41, 5.74) is 0.692. The Balaban J connectivity index is 1.34. The van der Waals surface area contributed by atoms with Crippen molar-refractivity contribution in [3.63, 3.8) is 0 Å². The number of likely N-dealkylation sites (tertiary alicyclic amines) is 1. The van der Waals surface area contributed by atoms with Crippen molar-refractivity contribution >= 4 is 17.5 Å². The van der Waals surface area contributed by atoms with Crippen molar-refractivity contribution in [2.24, 2.45) is 5.92 Å². The number of piperidine rings is 1. The molecule has 2 heterocycles. The molecule has 4 rings (SSSR count). The molecule has 1 unspecified atom stereocenters. The molecule has 0 saturated carbocycles. The molecule has 2 fully saturated rings. The molecule has 2 aromatic carbocycles. The molecule has 0 spiro atoms. The molecule has 6 nitrogen and oxygen atoms in total. The monoisotopic (exact) mass is 412 g/mol. The number of methoxy groups -OCH3 is 1. The molecule has 2 saturated heterocycles. The first-order valence-corrected chi connectivity index (χ1v) is 10.2. The van der Waals surface area contributed by atoms with Crippen LogP contribution in [0.1, 0.15) is 19.3 Å². The number of ether oxygens (including phenoxy) is 2. The van der Waals surface area contributed by atoms with Crippen molar-refractivity contribution < 1.29 is 23.5 Å². The van der Waals surface area contributed by atoms with Crippen LogP contribution in [0.2, 0.25) is 0 Å². The molecule has 0 bridgehead atoms. The number of hydrogen-bond donors (Lipinski definition) is 0. The quantitative estimate of drug-likeness (QED) is 0.757. The first-order chi connectivity index (χ1) is 14.6. The summed E-state index contributed by atoms with van der Waals surface area (Å²) in [6.07, 6.45) is 1.34. The van der Waals surface area contributed by atoms with Gasteiger partial charge in [-0.05, 0) is 24.3 Å². The minimum Gasteiger partial charge on any atom is -0.495 e. The third-order valence-electron chi connectivity index (χ3n) is 5.73. The number of halogens is 1. The van der Waals surface area contributed by atoms with E-state index in [2.05, 4.69) is 0 Å². The summed E-state index contributed by atoms with van der Waals surface area (Å²) in [7, 11) is 1.57. The Labute approximate surface area is 175 Å². The number of carbonyl (C=O) groups excluding carboxylic acids is 2. The van der Waals surface area contributed by atoms with E-state index >= 15 is 0 Å². The minimum absolute atomic E-state index is 0.00918. The third-order valence-corrected chi connectivity index (χ3v) is 5.73. The van der Waals surface area contributed by atoms with Crippen molar-refractivity contribution in [1.82, 2.24) is 4.90 Å². The second kappa shape index (κ2) is 8.73. The third kappa shape index (κ3) is 4.10. The summed E-state index contributed by atoms with van der Waals surface area (Å²) >= 11 is 0. The van der Waals surface area contributed by atoms with Crippen molar-refractivity contribution in [3.8, 4) is 11.5 Å². The van der Waals surface area contributed by atoms with Crippen LogP contribution >= 0.6 is 0 Å². The van der Waals surface area contributed by atoms with Gasteiger partial charge in [0.05, 0.1) is 18.7 Å². The standard InChI is InChI=1S/C23H25FN2O4/c1-29-21-9-5-3-7-19(21)26-15-16(14-22(26)27)23(28)25-12-10-17(11-13-25)30-20-8-4-2-6-18(20)24/h2-9,16-17H,10-15H2,1H3. The lowest BCUT2D eigenvalue weighted by Gasteiger charge is -2.33. The van der Waals surface area contributed by atoms with E-state index in [0.717, 1.165) is 0 Å². The zero-order valence-corrected chi connectivity index (χ0v) is 16.9. The maximum atomic E-state index is 13.8. The van der Waals surface area contributed by atoms with Crippen LogP contribution in [0.15, 0.2) is 48.5 Å². The Morgan fingerprint density at radius 2 is 1.70 bits per heavy atom. The van der Waals surface area contributed by atoms with E-state index < -0.39 is 0 Å². The van der Waals surface area contributed by atoms with Crippen LogP contribution < -0.4 is 14.4 Å². The first kappa shape index (κ1) is 20.2. The lowest BCUT2D eigenvalue weighted by atomic mass is 10.0. The van der Waals surface area contributed by atoms with Crippen LogP contribution in [0.5, 0.6) is 11.5 Å². The Bertz CT molecular complexity index is 927. The maximum Gasteiger partial charge on any atom is 0.228 e. The molecule has 1 atom stereocenters. The number of para-hydroxylation sites is 3. The zero-order valence-electron chi connectivity index (χ0n) is 16.9. The van der Waals surface area contributed by atoms with Crippen LogP contribution in [0, 0.1) is 11.7 Å². The Morgan fingerprint density at radius 3 is 2.40 bits per heavy atom. The molecule has 0 aromatic heterocycles. The van der Waals surface area contributed by atoms with Gasteiger partial charge in [0.2, 0.25) is 11.8 Å². The SMILES string of the molecule is COc1ccccc1N1CC(C(=O)N2CCC(Oc3ccccc3F)CC2)CC1=O. The normalized spacial score (nSPS) is 19.8. The Morgan fingerprint density at radius 1 is 1.03 bits per heavy atom. The first-order valence-electron chi connectivity index (χ1n) is 10.2. The number of nitrogens with zero attached hydrogens (tertiary/aromatic N) is 2. The molecule has 2 aromatic rings. The largest absolute Gasteiger partial charge is 0.495 e. The fraction of sp³-hybridized carbons (Fsp3) is 0.391. The minimum atomic E-state index is -0.378. The molecule has 2 amide bonds. The maximum absolute atomic E-state index is 13.8. The summed E-state index contributed by atoms with van der Waals surface area (Å²) in [6, 6.07) is 13.7. The Hall–Kier alpha value is -3.09. The Kier molecular flexibility index (Phi) is 5.88. The van der Waals surface area contributed by atoms with Crippen LogP contribution in [0.25, 0.3) is 0 Å². The number of carbonyl (C=O) groups is 2. The van der Waals surface area contributed by atoms with Gasteiger partial charge in [0, 0.05) is 38.9 Å². The van der Waals surface area contributed by atoms with Crippen molar-refractivity contribution in [2.75, 3.05) is 31.6 Å². The summed E-state index contributed by atoms with van der Waals surface area (Å²) in [5, 5.41) is 0. The predicted octanol–water partition coefficient (Wildman–Crippen LogP) is 3.26. The molecule has 0 aliphatic carbocycles. The van der Waals surface area contributed by atoms with E-state index in [1.165, 1.54) is 6.07 Å². The molecule has 0 radical (unpaired) electrons. The second-order valence-electron chi connectivity index (χ2n) is 7.65. The number of benzene rings is 2. The van der Waals surface area contributed by atoms with Gasteiger partial charge in [-0.25, -0.2) is 4.39 Å². The highest BCUT2D eigenvalue weighted by atomic mass is 19.1. The summed E-state index contributed by atoms with van der Waals surface area (Å²) < 4.78 is 24.9. The van der Waals surface area contributed by atoms with Crippen LogP contribution in [-0.4, -0.2) is 49.6 Å². The van der Waals surface area contributed by atoms with Gasteiger partial charge in [-0.3, -0.25) is 9.59 Å². The molecular formula is C23H25FN2O4. The van der Waals surface area contributed by atoms with Gasteiger partial charge in [-0.2, -0.15) is 0 Å². The lowest BCUT2D eigenvalue weighted by molar-refractivity contribution is -0.137. The molecule has 2 aliphatic heterocycles. The lowest BCUT2D eigenvalue weighted by Crippen LogP contribution is -2.45. The van der Waals surface area contributed by atoms with Crippen molar-refractivity contribution in [1.29, 1.82) is 0 Å². The van der Waals surface area contributed by atoms with Gasteiger partial charge in [-0.1, -0.05) is 24.3 Å². The molecule has 30 heavy (non-hydrogen) atoms. The van der Waals surface area contributed by atoms with Gasteiger partial charge in [0.25, 0.3) is 0 Å². The molecular weight excluding hydrogens is 387 g/mol. The highest BCUT2D eigenvalue weighted by Crippen LogP contribution is 2.33. The van der Waals surface area contributed by atoms with Crippen molar-refractivity contribution in [2.45, 2.75) is 25.4 Å². The molecule has 158 valence electrons. The average Bonchev–Trinajstić information content (AvgIpc) is 3.16. The van der Waals surface area contributed by atoms with E-state index in [1.54, 1.807) is 41.2 Å². The van der Waals surface area contributed by atoms with E-state index in [-0.39, 0.29) is 41.8 Å². The second-order valence-corrected chi connectivity index (χ2v) is 7.65. The topological polar surface area (TPSA) is 59.1 Å². The number of amides is 2. The number of rotatable bonds is 5. The predicted molar refractivity (Wildman–Crippen MR) is 110 cm³/mol. The summed E-state index contributed by atoms with van der Waals surface area (Å²) in [5.74, 6) is 0.0326. The highest BCUT2D eigenvalue weighted by Gasteiger charge is 2.39. The van der Waals surface area contributed by atoms with Gasteiger partial charge < -0.3 is 19.3 Å². The number of anilines is 1. The van der Waals surface area contributed by atoms with Gasteiger partial charge in [0.1, 0.15) is 11.9 Å². The highest BCUT2D eigenvalue weighted by molar-refractivity contribution is 6.01. The molecule has 0 N–H and O–H groups in total. The average molecular weight is 412 g/mol. The summed E-state index contributed by atoms with van der Waals surface area (Å²) in [6.45, 7) is 1.43. The van der Waals surface area contributed by atoms with Gasteiger partial charge in [-0.15, -0.1) is 0 Å². The van der Waals surface area contributed by atoms with Gasteiger partial charge in [0.15, 0.2) is 11.6 Å². The van der Waals surface area contributed by atoms with E-state index in [9.17, 15) is 14.0 Å². The fourth-order valence-corrected chi connectivity index (χ4v) is 4.13. The van der Waals surface area contributed by atoms with Crippen LogP contribution in [0.4, 0.5) is 10.1 Å². The van der Waals surface area contributed by atoms with Crippen LogP contribution in [-0.2, 0) is 9.59 Å². The molecule has 2 aliphatic rings. The van der Waals surface area contributed by atoms with E-state index in [0.29, 0.717) is 43.9 Å². The zero-order chi connectivity index (χ0) is 21.1. The fourth-order valence-electron chi connectivity index (χ4n) is 4.13. The summed E-state index contributed by atoms with van der Waals surface area (Å²) in [4.78, 5) is 29.0. The van der Waals surface area contributed by atoms with E-state index in [1.807, 2.05) is 18.2 Å². The molecule has 7 heteroatoms.